The number of hydrogen-bond donors (Lipinski definition) is 4. The molecule has 14 heteroatoms. The summed E-state index contributed by atoms with van der Waals surface area (Å²) in [5.41, 5.74) is 8.32. The summed E-state index contributed by atoms with van der Waals surface area (Å²) in [6.07, 6.45) is 8.49. The summed E-state index contributed by atoms with van der Waals surface area (Å²) in [6.45, 7) is 20.6. The molecule has 0 radical (unpaired) electrons. The lowest BCUT2D eigenvalue weighted by atomic mass is 9.85. The van der Waals surface area contributed by atoms with Crippen LogP contribution in [0.1, 0.15) is 100 Å². The molecule has 1 aromatic carbocycles. The highest BCUT2D eigenvalue weighted by Gasteiger charge is 2.47. The molecule has 0 aromatic heterocycles. The second kappa shape index (κ2) is 18.7. The third-order valence-electron chi connectivity index (χ3n) is 11.8. The van der Waals surface area contributed by atoms with Crippen LogP contribution in [0.15, 0.2) is 52.6 Å². The lowest BCUT2D eigenvalue weighted by molar-refractivity contribution is 0.0192. The van der Waals surface area contributed by atoms with Crippen molar-refractivity contribution in [2.45, 2.75) is 111 Å². The number of nitrogens with zero attached hydrogens (tertiary/aromatic N) is 5. The highest BCUT2D eigenvalue weighted by atomic mass is 19.1. The number of aliphatic hydroxyl groups is 1. The molecule has 1 aromatic rings. The maximum absolute atomic E-state index is 17.3. The highest BCUT2D eigenvalue weighted by molar-refractivity contribution is 6.03. The number of halogens is 2. The van der Waals surface area contributed by atoms with Crippen LogP contribution in [0.5, 0.6) is 0 Å². The molecule has 0 spiro atoms. The van der Waals surface area contributed by atoms with E-state index in [1.807, 2.05) is 20.8 Å². The molecule has 7 rings (SSSR count). The number of β-amino-alcohol motifs (C(OH)–C–C–N with tert-alkyl or cyclic N) is 1. The standard InChI is InChI=1S/C41H56F2N8O4.C2H6/c1-5-6-7-34(55-24-41(10-11-41)23-49-12-14-53-15-13-49)48-40(51-28-8-9-29(51)20-50(19-28)18-25(2)52)35-26(3)37(43)36(32-22-54-21-31(32)35)39-30(16-44)38(47-27(4)45)33(42)17-46-39;1-2/h7,17,25,28-29,39,46-47,52H,4-6,8-15,18-24,45H2,1-3H3;1-2H3/b34-7-,48-40+;. The molecule has 5 heterocycles. The Morgan fingerprint density at radius 3 is 2.47 bits per heavy atom. The molecule has 57 heavy (non-hydrogen) atoms. The number of dihydropyridines is 1. The Kier molecular flexibility index (Phi) is 14.0. The number of benzene rings is 1. The highest BCUT2D eigenvalue weighted by Crippen LogP contribution is 2.47. The minimum Gasteiger partial charge on any atom is -0.477 e. The molecule has 4 fully saturated rings. The van der Waals surface area contributed by atoms with Crippen molar-refractivity contribution in [3.63, 3.8) is 0 Å². The first-order chi connectivity index (χ1) is 27.5. The van der Waals surface area contributed by atoms with Gasteiger partial charge in [0.25, 0.3) is 0 Å². The number of nitriles is 1. The molecule has 12 nitrogen and oxygen atoms in total. The molecular formula is C43H62F2N8O4. The first-order valence-electron chi connectivity index (χ1n) is 20.8. The molecule has 5 aliphatic heterocycles. The number of ether oxygens (including phenoxy) is 3. The number of piperazine rings is 1. The minimum absolute atomic E-state index is 0.0422. The largest absolute Gasteiger partial charge is 0.477 e. The number of fused-ring (bicyclic) bond motifs is 3. The van der Waals surface area contributed by atoms with Gasteiger partial charge in [0, 0.05) is 74.1 Å². The summed E-state index contributed by atoms with van der Waals surface area (Å²) < 4.78 is 50.8. The molecular weight excluding hydrogens is 731 g/mol. The van der Waals surface area contributed by atoms with Gasteiger partial charge in [-0.1, -0.05) is 33.8 Å². The Bertz CT molecular complexity index is 1800. The molecule has 3 saturated heterocycles. The van der Waals surface area contributed by atoms with E-state index >= 15 is 8.78 Å². The summed E-state index contributed by atoms with van der Waals surface area (Å²) >= 11 is 0. The molecule has 1 aliphatic carbocycles. The van der Waals surface area contributed by atoms with Crippen molar-refractivity contribution in [3.05, 3.63) is 81.3 Å². The molecule has 0 amide bonds. The molecule has 4 unspecified atom stereocenters. The Morgan fingerprint density at radius 2 is 1.86 bits per heavy atom. The third kappa shape index (κ3) is 9.34. The lowest BCUT2D eigenvalue weighted by Crippen LogP contribution is -2.57. The average Bonchev–Trinajstić information content (AvgIpc) is 3.69. The fraction of sp³-hybridized carbons (Fsp3) is 0.628. The molecule has 2 bridgehead atoms. The number of rotatable bonds is 14. The number of aliphatic imine (C=N–C) groups is 1. The van der Waals surface area contributed by atoms with Crippen molar-refractivity contribution in [1.82, 2.24) is 25.3 Å². The van der Waals surface area contributed by atoms with E-state index in [1.165, 1.54) is 0 Å². The second-order valence-electron chi connectivity index (χ2n) is 16.1. The van der Waals surface area contributed by atoms with E-state index < -0.39 is 23.8 Å². The van der Waals surface area contributed by atoms with E-state index in [0.29, 0.717) is 41.6 Å². The van der Waals surface area contributed by atoms with Gasteiger partial charge >= 0.3 is 0 Å². The summed E-state index contributed by atoms with van der Waals surface area (Å²) in [5.74, 6) is -0.0881. The van der Waals surface area contributed by atoms with Gasteiger partial charge in [0.1, 0.15) is 11.7 Å². The molecule has 4 atom stereocenters. The SMILES string of the molecule is C=C(N)NC1=C(C#N)C(c2c(F)c(C)c(/C(=N\C(=C\CCC)OCC3(CN4CCOCC4)CC3)N3C4CCC3CN(CC(C)O)C4)c3c2COC3)NC=C1F.CC. The van der Waals surface area contributed by atoms with E-state index in [-0.39, 0.29) is 53.4 Å². The van der Waals surface area contributed by atoms with E-state index in [0.717, 1.165) is 96.2 Å². The van der Waals surface area contributed by atoms with Crippen molar-refractivity contribution in [2.75, 3.05) is 59.1 Å². The normalized spacial score (nSPS) is 25.1. The number of likely N-dealkylation sites (tertiary alicyclic amines) is 1. The monoisotopic (exact) mass is 792 g/mol. The predicted octanol–water partition coefficient (Wildman–Crippen LogP) is 5.49. The van der Waals surface area contributed by atoms with Crippen molar-refractivity contribution in [1.29, 1.82) is 5.26 Å². The summed E-state index contributed by atoms with van der Waals surface area (Å²) in [6, 6.07) is 1.28. The van der Waals surface area contributed by atoms with Crippen LogP contribution in [0, 0.1) is 29.5 Å². The van der Waals surface area contributed by atoms with Gasteiger partial charge in [-0.3, -0.25) is 9.80 Å². The molecule has 1 saturated carbocycles. The van der Waals surface area contributed by atoms with Crippen molar-refractivity contribution >= 4 is 5.84 Å². The van der Waals surface area contributed by atoms with Crippen LogP contribution in [-0.2, 0) is 27.4 Å². The number of allylic oxidation sites excluding steroid dienone is 2. The van der Waals surface area contributed by atoms with Crippen LogP contribution in [0.25, 0.3) is 0 Å². The van der Waals surface area contributed by atoms with Crippen LogP contribution in [0.3, 0.4) is 0 Å². The van der Waals surface area contributed by atoms with Crippen LogP contribution < -0.4 is 16.4 Å². The lowest BCUT2D eigenvalue weighted by Gasteiger charge is -2.43. The maximum atomic E-state index is 17.3. The number of aliphatic hydroxyl groups excluding tert-OH is 1. The summed E-state index contributed by atoms with van der Waals surface area (Å²) in [4.78, 5) is 12.6. The minimum atomic E-state index is -1.00. The van der Waals surface area contributed by atoms with E-state index in [9.17, 15) is 10.4 Å². The Labute approximate surface area is 337 Å². The number of amidine groups is 1. The van der Waals surface area contributed by atoms with E-state index in [1.54, 1.807) is 6.92 Å². The van der Waals surface area contributed by atoms with Gasteiger partial charge in [0.2, 0.25) is 5.88 Å². The summed E-state index contributed by atoms with van der Waals surface area (Å²) in [5, 5.41) is 26.1. The molecule has 5 N–H and O–H groups in total. The second-order valence-corrected chi connectivity index (χ2v) is 16.1. The average molecular weight is 793 g/mol. The maximum Gasteiger partial charge on any atom is 0.211 e. The molecule has 312 valence electrons. The Hall–Kier alpha value is -4.00. The van der Waals surface area contributed by atoms with E-state index in [4.69, 9.17) is 24.9 Å². The van der Waals surface area contributed by atoms with Crippen molar-refractivity contribution in [2.24, 2.45) is 16.1 Å². The zero-order valence-electron chi connectivity index (χ0n) is 34.4. The van der Waals surface area contributed by atoms with Crippen LogP contribution in [-0.4, -0.2) is 103 Å². The zero-order valence-corrected chi connectivity index (χ0v) is 34.4. The van der Waals surface area contributed by atoms with Crippen molar-refractivity contribution in [3.8, 4) is 6.07 Å². The predicted molar refractivity (Wildman–Crippen MR) is 216 cm³/mol. The first-order valence-corrected chi connectivity index (χ1v) is 20.8. The van der Waals surface area contributed by atoms with Gasteiger partial charge < -0.3 is 40.6 Å². The Balaban J connectivity index is 0.00000270. The number of unbranched alkanes of at least 4 members (excludes halogenated alkanes) is 1. The van der Waals surface area contributed by atoms with Gasteiger partial charge in [-0.2, -0.15) is 10.3 Å². The van der Waals surface area contributed by atoms with E-state index in [2.05, 4.69) is 51.0 Å². The molecule has 6 aliphatic rings. The zero-order chi connectivity index (χ0) is 40.9. The van der Waals surface area contributed by atoms with Crippen LogP contribution in [0.2, 0.25) is 0 Å². The van der Waals surface area contributed by atoms with Crippen LogP contribution in [0.4, 0.5) is 8.78 Å². The topological polar surface area (TPSA) is 144 Å². The number of hydrogen-bond acceptors (Lipinski definition) is 11. The van der Waals surface area contributed by atoms with Gasteiger partial charge in [-0.05, 0) is 68.7 Å². The fourth-order valence-corrected chi connectivity index (χ4v) is 8.98. The van der Waals surface area contributed by atoms with Gasteiger partial charge in [-0.25, -0.2) is 8.78 Å². The van der Waals surface area contributed by atoms with Crippen LogP contribution >= 0.6 is 0 Å². The number of nitrogens with one attached hydrogen (secondary N) is 2. The van der Waals surface area contributed by atoms with Gasteiger partial charge in [0.15, 0.2) is 5.83 Å². The van der Waals surface area contributed by atoms with Crippen molar-refractivity contribution < 1.29 is 28.1 Å². The Morgan fingerprint density at radius 1 is 1.18 bits per heavy atom. The number of nitrogens with two attached hydrogens (primary N) is 1. The third-order valence-corrected chi connectivity index (χ3v) is 11.8. The first kappa shape index (κ1) is 42.6. The smallest absolute Gasteiger partial charge is 0.211 e. The van der Waals surface area contributed by atoms with Gasteiger partial charge in [-0.15, -0.1) is 0 Å². The summed E-state index contributed by atoms with van der Waals surface area (Å²) in [7, 11) is 0. The number of morpholine rings is 1. The quantitative estimate of drug-likeness (QED) is 0.108. The van der Waals surface area contributed by atoms with Gasteiger partial charge in [0.05, 0.1) is 68.3 Å². The fourth-order valence-electron chi connectivity index (χ4n) is 8.98.